The highest BCUT2D eigenvalue weighted by atomic mass is 16.5. The van der Waals surface area contributed by atoms with Crippen LogP contribution in [0.4, 0.5) is 4.79 Å². The van der Waals surface area contributed by atoms with Crippen LogP contribution in [0.1, 0.15) is 30.7 Å². The van der Waals surface area contributed by atoms with Crippen molar-refractivity contribution in [2.75, 3.05) is 13.7 Å². The van der Waals surface area contributed by atoms with Gasteiger partial charge in [-0.15, -0.1) is 0 Å². The van der Waals surface area contributed by atoms with Gasteiger partial charge in [0.2, 0.25) is 0 Å². The first-order valence-electron chi connectivity index (χ1n) is 6.90. The number of primary amides is 1. The fourth-order valence-corrected chi connectivity index (χ4v) is 2.48. The molecule has 1 aliphatic rings. The van der Waals surface area contributed by atoms with Crippen molar-refractivity contribution in [3.63, 3.8) is 0 Å². The van der Waals surface area contributed by atoms with Crippen molar-refractivity contribution in [3.8, 4) is 0 Å². The molecule has 2 rings (SSSR count). The van der Waals surface area contributed by atoms with Crippen LogP contribution in [0.2, 0.25) is 0 Å². The Labute approximate surface area is 124 Å². The number of esters is 1. The third-order valence-corrected chi connectivity index (χ3v) is 3.36. The lowest BCUT2D eigenvalue weighted by atomic mass is 9.86. The Morgan fingerprint density at radius 3 is 2.43 bits per heavy atom. The number of nitrogens with one attached hydrogen (secondary N) is 1. The van der Waals surface area contributed by atoms with Crippen molar-refractivity contribution in [1.29, 1.82) is 0 Å². The minimum atomic E-state index is -1.33. The van der Waals surface area contributed by atoms with Gasteiger partial charge in [0, 0.05) is 6.04 Å². The van der Waals surface area contributed by atoms with Crippen LogP contribution in [0.5, 0.6) is 0 Å². The molecular formula is C15H22N2O4. The van der Waals surface area contributed by atoms with Gasteiger partial charge in [-0.1, -0.05) is 36.8 Å². The first kappa shape index (κ1) is 17.0. The Hall–Kier alpha value is -2.08. The van der Waals surface area contributed by atoms with Gasteiger partial charge in [-0.25, -0.2) is 4.79 Å². The zero-order valence-electron chi connectivity index (χ0n) is 12.1. The first-order chi connectivity index (χ1) is 10.1. The summed E-state index contributed by atoms with van der Waals surface area (Å²) in [5.74, 6) is -0.322. The van der Waals surface area contributed by atoms with Crippen LogP contribution in [0, 0.1) is 0 Å². The number of carboxylic acid groups (broad SMARTS) is 1. The van der Waals surface area contributed by atoms with E-state index in [-0.39, 0.29) is 17.9 Å². The molecule has 4 N–H and O–H groups in total. The van der Waals surface area contributed by atoms with Gasteiger partial charge >= 0.3 is 12.1 Å². The second-order valence-corrected chi connectivity index (χ2v) is 4.81. The number of hydrogen-bond donors (Lipinski definition) is 3. The number of methoxy groups -OCH3 is 1. The van der Waals surface area contributed by atoms with Crippen LogP contribution >= 0.6 is 0 Å². The topological polar surface area (TPSA) is 102 Å². The Morgan fingerprint density at radius 2 is 1.95 bits per heavy atom. The van der Waals surface area contributed by atoms with Crippen molar-refractivity contribution in [2.45, 2.75) is 31.2 Å². The number of rotatable bonds is 3. The van der Waals surface area contributed by atoms with Gasteiger partial charge < -0.3 is 20.9 Å². The van der Waals surface area contributed by atoms with Gasteiger partial charge in [-0.05, 0) is 24.9 Å². The molecule has 1 aliphatic heterocycles. The maximum Gasteiger partial charge on any atom is 0.402 e. The second kappa shape index (κ2) is 8.97. The lowest BCUT2D eigenvalue weighted by molar-refractivity contribution is -0.143. The van der Waals surface area contributed by atoms with Gasteiger partial charge in [0.25, 0.3) is 0 Å². The third-order valence-electron chi connectivity index (χ3n) is 3.36. The van der Waals surface area contributed by atoms with E-state index in [0.29, 0.717) is 0 Å². The molecule has 21 heavy (non-hydrogen) atoms. The molecular weight excluding hydrogens is 272 g/mol. The molecule has 116 valence electrons. The molecule has 1 aromatic carbocycles. The highest BCUT2D eigenvalue weighted by molar-refractivity contribution is 5.79. The van der Waals surface area contributed by atoms with Crippen LogP contribution in [-0.4, -0.2) is 36.9 Å². The quantitative estimate of drug-likeness (QED) is 0.737. The lowest BCUT2D eigenvalue weighted by Gasteiger charge is -2.29. The fraction of sp³-hybridized carbons (Fsp3) is 0.467. The molecule has 2 unspecified atom stereocenters. The van der Waals surface area contributed by atoms with Gasteiger partial charge in [0.1, 0.15) is 0 Å². The van der Waals surface area contributed by atoms with Gasteiger partial charge in [0.05, 0.1) is 13.0 Å². The zero-order chi connectivity index (χ0) is 15.7. The summed E-state index contributed by atoms with van der Waals surface area (Å²) in [6.07, 6.45) is 2.08. The molecule has 6 heteroatoms. The fourth-order valence-electron chi connectivity index (χ4n) is 2.48. The lowest BCUT2D eigenvalue weighted by Crippen LogP contribution is -2.42. The van der Waals surface area contributed by atoms with E-state index in [1.807, 2.05) is 30.3 Å². The number of nitrogens with two attached hydrogens (primary N) is 1. The molecule has 0 spiro atoms. The summed E-state index contributed by atoms with van der Waals surface area (Å²) in [4.78, 5) is 20.7. The maximum absolute atomic E-state index is 11.9. The summed E-state index contributed by atoms with van der Waals surface area (Å²) in [5, 5.41) is 10.6. The molecule has 0 aromatic heterocycles. The molecule has 1 aromatic rings. The molecule has 0 saturated carbocycles. The van der Waals surface area contributed by atoms with Crippen LogP contribution in [-0.2, 0) is 9.53 Å². The van der Waals surface area contributed by atoms with Crippen LogP contribution < -0.4 is 11.1 Å². The maximum atomic E-state index is 11.9. The van der Waals surface area contributed by atoms with E-state index in [1.54, 1.807) is 0 Å². The number of carbonyl (C=O) groups excluding carboxylic acids is 1. The van der Waals surface area contributed by atoms with E-state index in [9.17, 15) is 4.79 Å². The molecule has 0 aliphatic carbocycles. The van der Waals surface area contributed by atoms with Crippen LogP contribution in [0.3, 0.4) is 0 Å². The molecule has 1 amide bonds. The Balaban J connectivity index is 0.000000491. The van der Waals surface area contributed by atoms with E-state index in [2.05, 4.69) is 11.1 Å². The van der Waals surface area contributed by atoms with Crippen LogP contribution in [0.25, 0.3) is 0 Å². The van der Waals surface area contributed by atoms with Crippen molar-refractivity contribution >= 4 is 12.1 Å². The molecule has 0 bridgehead atoms. The van der Waals surface area contributed by atoms with Gasteiger partial charge in [-0.2, -0.15) is 0 Å². The van der Waals surface area contributed by atoms with Gasteiger partial charge in [-0.3, -0.25) is 4.79 Å². The smallest absolute Gasteiger partial charge is 0.402 e. The average molecular weight is 294 g/mol. The van der Waals surface area contributed by atoms with E-state index in [0.717, 1.165) is 18.5 Å². The molecule has 2 atom stereocenters. The molecule has 1 heterocycles. The Bertz CT molecular complexity index is 440. The Morgan fingerprint density at radius 1 is 1.33 bits per heavy atom. The molecule has 0 radical (unpaired) electrons. The third kappa shape index (κ3) is 5.83. The van der Waals surface area contributed by atoms with E-state index in [1.165, 1.54) is 20.0 Å². The number of hydrogen-bond acceptors (Lipinski definition) is 4. The number of carbonyl (C=O) groups is 2. The number of benzene rings is 1. The molecule has 1 saturated heterocycles. The van der Waals surface area contributed by atoms with Crippen molar-refractivity contribution < 1.29 is 19.4 Å². The van der Waals surface area contributed by atoms with Crippen molar-refractivity contribution in [2.24, 2.45) is 5.73 Å². The van der Waals surface area contributed by atoms with Gasteiger partial charge in [0.15, 0.2) is 0 Å². The highest BCUT2D eigenvalue weighted by Gasteiger charge is 2.31. The largest absolute Gasteiger partial charge is 0.469 e. The highest BCUT2D eigenvalue weighted by Crippen LogP contribution is 2.26. The monoisotopic (exact) mass is 294 g/mol. The summed E-state index contributed by atoms with van der Waals surface area (Å²) in [6, 6.07) is 10.1. The standard InChI is InChI=1S/C14H19NO2.CH3NO2/c1-17-14(16)13(11-7-3-2-4-8-11)12-9-5-6-10-15-12;2-1(3)4/h2-4,7-8,12-13,15H,5-6,9-10H2,1H3;2H2,(H,3,4). The Kier molecular flexibility index (Phi) is 7.25. The predicted octanol–water partition coefficient (Wildman–Crippen LogP) is 1.71. The summed E-state index contributed by atoms with van der Waals surface area (Å²) in [5.41, 5.74) is 5.07. The summed E-state index contributed by atoms with van der Waals surface area (Å²) in [7, 11) is 1.46. The molecule has 6 nitrogen and oxygen atoms in total. The first-order valence-corrected chi connectivity index (χ1v) is 6.90. The SMILES string of the molecule is COC(=O)C(c1ccccc1)C1CCCCN1.NC(=O)O. The van der Waals surface area contributed by atoms with Crippen LogP contribution in [0.15, 0.2) is 30.3 Å². The minimum absolute atomic E-state index is 0.143. The van der Waals surface area contributed by atoms with E-state index in [4.69, 9.17) is 14.6 Å². The summed E-state index contributed by atoms with van der Waals surface area (Å²) >= 11 is 0. The number of piperidine rings is 1. The van der Waals surface area contributed by atoms with E-state index >= 15 is 0 Å². The second-order valence-electron chi connectivity index (χ2n) is 4.81. The zero-order valence-corrected chi connectivity index (χ0v) is 12.1. The normalized spacial score (nSPS) is 18.8. The van der Waals surface area contributed by atoms with Crippen molar-refractivity contribution in [3.05, 3.63) is 35.9 Å². The number of amides is 1. The summed E-state index contributed by atoms with van der Waals surface area (Å²) in [6.45, 7) is 0.991. The predicted molar refractivity (Wildman–Crippen MR) is 79.1 cm³/mol. The van der Waals surface area contributed by atoms with E-state index < -0.39 is 6.09 Å². The number of ether oxygens (including phenoxy) is 1. The van der Waals surface area contributed by atoms with Crippen molar-refractivity contribution in [1.82, 2.24) is 5.32 Å². The molecule has 1 fully saturated rings. The minimum Gasteiger partial charge on any atom is -0.469 e. The summed E-state index contributed by atoms with van der Waals surface area (Å²) < 4.78 is 4.94. The average Bonchev–Trinajstić information content (AvgIpc) is 2.49.